The Morgan fingerprint density at radius 1 is 1.23 bits per heavy atom. The molecule has 2 amide bonds. The minimum absolute atomic E-state index is 0. The molecule has 0 saturated carbocycles. The Morgan fingerprint density at radius 2 is 1.46 bits per heavy atom. The zero-order valence-electron chi connectivity index (χ0n) is 7.78. The van der Waals surface area contributed by atoms with Gasteiger partial charge in [0.2, 0.25) is 0 Å². The molecule has 7 heteroatoms. The Labute approximate surface area is 106 Å². The van der Waals surface area contributed by atoms with E-state index in [9.17, 15) is 4.79 Å². The van der Waals surface area contributed by atoms with Gasteiger partial charge < -0.3 is 45.5 Å². The van der Waals surface area contributed by atoms with Gasteiger partial charge in [-0.15, -0.1) is 0 Å². The van der Waals surface area contributed by atoms with E-state index in [0.717, 1.165) is 13.1 Å². The molecule has 0 radical (unpaired) electrons. The maximum atomic E-state index is 10.3. The van der Waals surface area contributed by atoms with E-state index in [1.165, 1.54) is 0 Å². The maximum absolute atomic E-state index is 10.3. The first-order valence-electron chi connectivity index (χ1n) is 3.38. The van der Waals surface area contributed by atoms with Crippen LogP contribution in [0.2, 0.25) is 0 Å². The average molecular weight is 233 g/mol. The van der Waals surface area contributed by atoms with Crippen LogP contribution in [0, 0.1) is 0 Å². The molecular formula is C6H12MgN2O2S2. The van der Waals surface area contributed by atoms with E-state index >= 15 is 0 Å². The zero-order valence-corrected chi connectivity index (χ0v) is 10.8. The average Bonchev–Trinajstić information content (AvgIpc) is 1.87. The van der Waals surface area contributed by atoms with Crippen molar-refractivity contribution in [2.24, 2.45) is 5.73 Å². The molecule has 72 valence electrons. The van der Waals surface area contributed by atoms with Crippen molar-refractivity contribution in [2.45, 2.75) is 13.8 Å². The molecule has 0 aromatic carbocycles. The molecular weight excluding hydrogens is 221 g/mol. The summed E-state index contributed by atoms with van der Waals surface area (Å²) in [5.41, 5.74) is 4.29. The summed E-state index contributed by atoms with van der Waals surface area (Å²) in [5, 5.41) is -1.00. The van der Waals surface area contributed by atoms with Crippen molar-refractivity contribution < 1.29 is 9.59 Å². The summed E-state index contributed by atoms with van der Waals surface area (Å²) < 4.78 is 0. The number of carbonyl (C=O) groups is 2. The predicted molar refractivity (Wildman–Crippen MR) is 58.4 cm³/mol. The molecule has 0 bridgehead atoms. The second-order valence-electron chi connectivity index (χ2n) is 1.76. The van der Waals surface area contributed by atoms with Gasteiger partial charge in [0, 0.05) is 13.1 Å². The number of carbonyl (C=O) groups excluding carboxylic acids is 2. The van der Waals surface area contributed by atoms with Crippen molar-refractivity contribution in [1.82, 2.24) is 4.90 Å². The first-order valence-corrected chi connectivity index (χ1v) is 4.19. The number of hydrogen-bond acceptors (Lipinski definition) is 4. The van der Waals surface area contributed by atoms with E-state index in [0.29, 0.717) is 0 Å². The number of rotatable bonds is 2. The minimum Gasteiger partial charge on any atom is -0.719 e. The third-order valence-electron chi connectivity index (χ3n) is 1.02. The molecule has 0 spiro atoms. The summed E-state index contributed by atoms with van der Waals surface area (Å²) >= 11 is 8.14. The van der Waals surface area contributed by atoms with E-state index < -0.39 is 5.24 Å². The van der Waals surface area contributed by atoms with Crippen molar-refractivity contribution in [2.75, 3.05) is 13.1 Å². The molecule has 0 fully saturated rings. The van der Waals surface area contributed by atoms with E-state index in [1.54, 1.807) is 4.90 Å². The molecule has 13 heavy (non-hydrogen) atoms. The Bertz CT molecular complexity index is 150. The first-order chi connectivity index (χ1) is 5.45. The van der Waals surface area contributed by atoms with Gasteiger partial charge in [-0.1, -0.05) is 0 Å². The van der Waals surface area contributed by atoms with Crippen LogP contribution >= 0.6 is 0 Å². The zero-order chi connectivity index (χ0) is 10.1. The fourth-order valence-corrected chi connectivity index (χ4v) is 0.740. The Morgan fingerprint density at radius 3 is 1.46 bits per heavy atom. The third kappa shape index (κ3) is 18.8. The van der Waals surface area contributed by atoms with Crippen LogP contribution in [0.3, 0.4) is 0 Å². The van der Waals surface area contributed by atoms with Gasteiger partial charge in [-0.05, 0) is 13.8 Å². The van der Waals surface area contributed by atoms with Crippen LogP contribution in [0.1, 0.15) is 13.8 Å². The Balaban J connectivity index is -0.000000173. The molecule has 0 heterocycles. The summed E-state index contributed by atoms with van der Waals surface area (Å²) in [5.74, 6) is 0. The molecule has 4 nitrogen and oxygen atoms in total. The second kappa shape index (κ2) is 12.1. The molecule has 0 atom stereocenters. The molecule has 0 aliphatic carbocycles. The van der Waals surface area contributed by atoms with Gasteiger partial charge in [0.1, 0.15) is 5.24 Å². The van der Waals surface area contributed by atoms with Gasteiger partial charge >= 0.3 is 23.1 Å². The van der Waals surface area contributed by atoms with Gasteiger partial charge in [0.25, 0.3) is 0 Å². The number of hydrogen-bond donors (Lipinski definition) is 1. The number of amides is 2. The van der Waals surface area contributed by atoms with Crippen LogP contribution in [0.15, 0.2) is 0 Å². The molecule has 0 aliphatic rings. The van der Waals surface area contributed by atoms with Gasteiger partial charge in [-0.3, -0.25) is 0 Å². The molecule has 0 rings (SSSR count). The monoisotopic (exact) mass is 232 g/mol. The van der Waals surface area contributed by atoms with Crippen LogP contribution in [-0.4, -0.2) is 51.5 Å². The fraction of sp³-hybridized carbons (Fsp3) is 0.667. The van der Waals surface area contributed by atoms with Crippen molar-refractivity contribution >= 4 is 58.8 Å². The predicted octanol–water partition coefficient (Wildman–Crippen LogP) is 0.226. The summed E-state index contributed by atoms with van der Waals surface area (Å²) in [6.45, 7) is 5.26. The van der Waals surface area contributed by atoms with E-state index in [-0.39, 0.29) is 28.3 Å². The Kier molecular flexibility index (Phi) is 17.6. The van der Waals surface area contributed by atoms with Crippen LogP contribution in [-0.2, 0) is 25.3 Å². The molecule has 0 unspecified atom stereocenters. The van der Waals surface area contributed by atoms with Gasteiger partial charge in [-0.2, -0.15) is 0 Å². The molecule has 0 aliphatic heterocycles. The van der Waals surface area contributed by atoms with E-state index in [4.69, 9.17) is 4.79 Å². The molecule has 0 aromatic heterocycles. The first kappa shape index (κ1) is 18.8. The maximum Gasteiger partial charge on any atom is 2.00 e. The third-order valence-corrected chi connectivity index (χ3v) is 1.28. The molecule has 2 N–H and O–H groups in total. The standard InChI is InChI=1S/C5H11NOS.CH3NOS.Mg/c1-3-6(4-2)5(7)8;2-1(3)4;/h3-4H2,1-2H3,(H,7,8);(H3,2,3,4);/q;;+2/p-2. The van der Waals surface area contributed by atoms with Crippen molar-refractivity contribution in [3.05, 3.63) is 0 Å². The van der Waals surface area contributed by atoms with Gasteiger partial charge in [-0.25, -0.2) is 0 Å². The van der Waals surface area contributed by atoms with E-state index in [2.05, 4.69) is 31.0 Å². The Hall–Kier alpha value is 0.146. The van der Waals surface area contributed by atoms with Crippen molar-refractivity contribution in [3.63, 3.8) is 0 Å². The largest absolute Gasteiger partial charge is 2.00 e. The SMILES string of the molecule is CCN(CC)C(=O)[S-].NC(=O)[S-].[Mg+2]. The van der Waals surface area contributed by atoms with Crippen molar-refractivity contribution in [1.29, 1.82) is 0 Å². The van der Waals surface area contributed by atoms with Gasteiger partial charge in [0.05, 0.1) is 5.24 Å². The van der Waals surface area contributed by atoms with Crippen LogP contribution in [0.25, 0.3) is 0 Å². The van der Waals surface area contributed by atoms with Crippen molar-refractivity contribution in [3.8, 4) is 0 Å². The normalized spacial score (nSPS) is 7.23. The summed E-state index contributed by atoms with van der Waals surface area (Å²) in [6, 6.07) is 0. The number of nitrogens with zero attached hydrogens (tertiary/aromatic N) is 1. The van der Waals surface area contributed by atoms with Crippen LogP contribution < -0.4 is 5.73 Å². The quantitative estimate of drug-likeness (QED) is 0.547. The van der Waals surface area contributed by atoms with Gasteiger partial charge in [0.15, 0.2) is 0 Å². The van der Waals surface area contributed by atoms with E-state index in [1.807, 2.05) is 13.8 Å². The molecule has 0 saturated heterocycles. The smallest absolute Gasteiger partial charge is 0.719 e. The second-order valence-corrected chi connectivity index (χ2v) is 2.51. The number of nitrogens with two attached hydrogens (primary N) is 1. The molecule has 0 aromatic rings. The minimum atomic E-state index is -0.750. The number of primary amides is 1. The summed E-state index contributed by atoms with van der Waals surface area (Å²) in [7, 11) is 0. The fourth-order valence-electron chi connectivity index (χ4n) is 0.482. The van der Waals surface area contributed by atoms with Crippen LogP contribution in [0.5, 0.6) is 0 Å². The topological polar surface area (TPSA) is 63.4 Å². The summed E-state index contributed by atoms with van der Waals surface area (Å²) in [4.78, 5) is 21.0. The summed E-state index contributed by atoms with van der Waals surface area (Å²) in [6.07, 6.45) is 0. The van der Waals surface area contributed by atoms with Crippen LogP contribution in [0.4, 0.5) is 9.59 Å².